The maximum atomic E-state index is 13.5. The molecular weight excluding hydrogens is 243 g/mol. The van der Waals surface area contributed by atoms with Crippen molar-refractivity contribution in [1.29, 1.82) is 0 Å². The molecule has 1 aromatic rings. The van der Waals surface area contributed by atoms with Crippen LogP contribution in [0.2, 0.25) is 0 Å². The number of hydrogen-bond donors (Lipinski definition) is 1. The van der Waals surface area contributed by atoms with Gasteiger partial charge in [-0.15, -0.1) is 0 Å². The summed E-state index contributed by atoms with van der Waals surface area (Å²) in [4.78, 5) is 0. The SMILES string of the molecule is CC1(C)CC(Nc2cc(F)c(F)cc2F)CCO1. The zero-order chi connectivity index (χ0) is 13.3. The largest absolute Gasteiger partial charge is 0.380 e. The van der Waals surface area contributed by atoms with E-state index in [2.05, 4.69) is 5.32 Å². The van der Waals surface area contributed by atoms with Gasteiger partial charge >= 0.3 is 0 Å². The molecule has 0 aliphatic carbocycles. The van der Waals surface area contributed by atoms with Crippen LogP contribution in [0.4, 0.5) is 18.9 Å². The average Bonchev–Trinajstić information content (AvgIpc) is 2.24. The highest BCUT2D eigenvalue weighted by atomic mass is 19.2. The highest BCUT2D eigenvalue weighted by molar-refractivity contribution is 5.46. The van der Waals surface area contributed by atoms with Crippen LogP contribution in [0.1, 0.15) is 26.7 Å². The van der Waals surface area contributed by atoms with Crippen LogP contribution in [-0.4, -0.2) is 18.2 Å². The zero-order valence-corrected chi connectivity index (χ0v) is 10.4. The Morgan fingerprint density at radius 3 is 2.50 bits per heavy atom. The van der Waals surface area contributed by atoms with E-state index in [1.165, 1.54) is 0 Å². The smallest absolute Gasteiger partial charge is 0.161 e. The summed E-state index contributed by atoms with van der Waals surface area (Å²) < 4.78 is 44.9. The Morgan fingerprint density at radius 1 is 1.17 bits per heavy atom. The molecular formula is C13H16F3NO. The Hall–Kier alpha value is -1.23. The van der Waals surface area contributed by atoms with Crippen LogP contribution < -0.4 is 5.32 Å². The molecule has 0 bridgehead atoms. The average molecular weight is 259 g/mol. The summed E-state index contributed by atoms with van der Waals surface area (Å²) in [7, 11) is 0. The minimum absolute atomic E-state index is 0.00315. The van der Waals surface area contributed by atoms with Crippen molar-refractivity contribution in [2.75, 3.05) is 11.9 Å². The molecule has 1 fully saturated rings. The molecule has 18 heavy (non-hydrogen) atoms. The maximum Gasteiger partial charge on any atom is 0.161 e. The van der Waals surface area contributed by atoms with Crippen molar-refractivity contribution in [1.82, 2.24) is 0 Å². The molecule has 0 aromatic heterocycles. The van der Waals surface area contributed by atoms with Crippen molar-refractivity contribution in [2.45, 2.75) is 38.3 Å². The van der Waals surface area contributed by atoms with Gasteiger partial charge < -0.3 is 10.1 Å². The molecule has 1 aromatic carbocycles. The number of benzene rings is 1. The predicted octanol–water partition coefficient (Wildman–Crippen LogP) is 3.47. The molecule has 0 spiro atoms. The Balaban J connectivity index is 2.12. The van der Waals surface area contributed by atoms with Gasteiger partial charge in [0.15, 0.2) is 11.6 Å². The van der Waals surface area contributed by atoms with Gasteiger partial charge in [0.1, 0.15) is 5.82 Å². The fourth-order valence-corrected chi connectivity index (χ4v) is 2.21. The van der Waals surface area contributed by atoms with Crippen LogP contribution >= 0.6 is 0 Å². The summed E-state index contributed by atoms with van der Waals surface area (Å²) in [6, 6.07) is 1.41. The molecule has 1 saturated heterocycles. The van der Waals surface area contributed by atoms with Crippen LogP contribution in [-0.2, 0) is 4.74 Å². The molecule has 1 unspecified atom stereocenters. The topological polar surface area (TPSA) is 21.3 Å². The van der Waals surface area contributed by atoms with E-state index in [1.54, 1.807) is 0 Å². The number of anilines is 1. The molecule has 1 aliphatic rings. The van der Waals surface area contributed by atoms with Gasteiger partial charge in [0.05, 0.1) is 11.3 Å². The molecule has 0 radical (unpaired) electrons. The maximum absolute atomic E-state index is 13.5. The number of nitrogens with one attached hydrogen (secondary N) is 1. The summed E-state index contributed by atoms with van der Waals surface area (Å²) in [5, 5.41) is 2.91. The van der Waals surface area contributed by atoms with Crippen molar-refractivity contribution in [3.63, 3.8) is 0 Å². The molecule has 2 rings (SSSR count). The van der Waals surface area contributed by atoms with Gasteiger partial charge in [0.2, 0.25) is 0 Å². The zero-order valence-electron chi connectivity index (χ0n) is 10.4. The first-order valence-electron chi connectivity index (χ1n) is 5.92. The second-order valence-corrected chi connectivity index (χ2v) is 5.19. The standard InChI is InChI=1S/C13H16F3NO/c1-13(2)7-8(3-4-18-13)17-12-6-10(15)9(14)5-11(12)16/h5-6,8,17H,3-4,7H2,1-2H3. The molecule has 1 aliphatic heterocycles. The lowest BCUT2D eigenvalue weighted by atomic mass is 9.94. The van der Waals surface area contributed by atoms with Gasteiger partial charge in [-0.2, -0.15) is 0 Å². The Kier molecular flexibility index (Phi) is 3.52. The summed E-state index contributed by atoms with van der Waals surface area (Å²) >= 11 is 0. The van der Waals surface area contributed by atoms with E-state index < -0.39 is 17.5 Å². The third kappa shape index (κ3) is 2.96. The normalized spacial score (nSPS) is 22.8. The van der Waals surface area contributed by atoms with Crippen molar-refractivity contribution in [2.24, 2.45) is 0 Å². The minimum atomic E-state index is -1.18. The number of ether oxygens (including phenoxy) is 1. The second kappa shape index (κ2) is 4.80. The first-order valence-corrected chi connectivity index (χ1v) is 5.92. The fraction of sp³-hybridized carbons (Fsp3) is 0.538. The van der Waals surface area contributed by atoms with Crippen LogP contribution in [0.3, 0.4) is 0 Å². The van der Waals surface area contributed by atoms with E-state index in [-0.39, 0.29) is 17.3 Å². The third-order valence-electron chi connectivity index (χ3n) is 3.07. The summed E-state index contributed by atoms with van der Waals surface area (Å²) in [5.74, 6) is -3.01. The Morgan fingerprint density at radius 2 is 1.83 bits per heavy atom. The lowest BCUT2D eigenvalue weighted by molar-refractivity contribution is -0.0553. The molecule has 1 atom stereocenters. The van der Waals surface area contributed by atoms with Crippen molar-refractivity contribution in [3.05, 3.63) is 29.6 Å². The molecule has 0 saturated carbocycles. The van der Waals surface area contributed by atoms with Crippen LogP contribution in [0.15, 0.2) is 12.1 Å². The first kappa shape index (κ1) is 13.2. The molecule has 5 heteroatoms. The van der Waals surface area contributed by atoms with E-state index in [9.17, 15) is 13.2 Å². The van der Waals surface area contributed by atoms with E-state index in [1.807, 2.05) is 13.8 Å². The van der Waals surface area contributed by atoms with E-state index in [0.29, 0.717) is 25.5 Å². The molecule has 0 amide bonds. The van der Waals surface area contributed by atoms with Gasteiger partial charge in [0, 0.05) is 24.8 Å². The molecule has 1 heterocycles. The van der Waals surface area contributed by atoms with Gasteiger partial charge in [-0.1, -0.05) is 0 Å². The van der Waals surface area contributed by atoms with Crippen LogP contribution in [0.5, 0.6) is 0 Å². The summed E-state index contributed by atoms with van der Waals surface area (Å²) in [5.41, 5.74) is -0.290. The number of halogens is 3. The van der Waals surface area contributed by atoms with E-state index >= 15 is 0 Å². The first-order chi connectivity index (χ1) is 8.37. The van der Waals surface area contributed by atoms with Crippen molar-refractivity contribution in [3.8, 4) is 0 Å². The second-order valence-electron chi connectivity index (χ2n) is 5.19. The fourth-order valence-electron chi connectivity index (χ4n) is 2.21. The summed E-state index contributed by atoms with van der Waals surface area (Å²) in [6.45, 7) is 4.46. The number of rotatable bonds is 2. The third-order valence-corrected chi connectivity index (χ3v) is 3.07. The molecule has 100 valence electrons. The van der Waals surface area contributed by atoms with Gasteiger partial charge in [-0.05, 0) is 26.7 Å². The lowest BCUT2D eigenvalue weighted by Crippen LogP contribution is -2.40. The van der Waals surface area contributed by atoms with Gasteiger partial charge in [-0.3, -0.25) is 0 Å². The highest BCUT2D eigenvalue weighted by Crippen LogP contribution is 2.27. The van der Waals surface area contributed by atoms with Crippen molar-refractivity contribution >= 4 is 5.69 Å². The van der Waals surface area contributed by atoms with Crippen LogP contribution in [0.25, 0.3) is 0 Å². The Labute approximate surface area is 104 Å². The predicted molar refractivity (Wildman–Crippen MR) is 63.0 cm³/mol. The molecule has 1 N–H and O–H groups in total. The van der Waals surface area contributed by atoms with E-state index in [0.717, 1.165) is 6.07 Å². The monoisotopic (exact) mass is 259 g/mol. The van der Waals surface area contributed by atoms with E-state index in [4.69, 9.17) is 4.74 Å². The quantitative estimate of drug-likeness (QED) is 0.821. The van der Waals surface area contributed by atoms with Crippen molar-refractivity contribution < 1.29 is 17.9 Å². The lowest BCUT2D eigenvalue weighted by Gasteiger charge is -2.36. The number of hydrogen-bond acceptors (Lipinski definition) is 2. The van der Waals surface area contributed by atoms with Gasteiger partial charge in [-0.25, -0.2) is 13.2 Å². The highest BCUT2D eigenvalue weighted by Gasteiger charge is 2.29. The molecule has 2 nitrogen and oxygen atoms in total. The Bertz CT molecular complexity index is 448. The van der Waals surface area contributed by atoms with Crippen LogP contribution in [0, 0.1) is 17.5 Å². The minimum Gasteiger partial charge on any atom is -0.380 e. The summed E-state index contributed by atoms with van der Waals surface area (Å²) in [6.07, 6.45) is 1.40. The van der Waals surface area contributed by atoms with Gasteiger partial charge in [0.25, 0.3) is 0 Å².